The Morgan fingerprint density at radius 1 is 1.00 bits per heavy atom. The van der Waals surface area contributed by atoms with Crippen molar-refractivity contribution in [2.24, 2.45) is 0 Å². The highest BCUT2D eigenvalue weighted by atomic mass is 16.2. The van der Waals surface area contributed by atoms with Gasteiger partial charge in [0.2, 0.25) is 11.8 Å². The summed E-state index contributed by atoms with van der Waals surface area (Å²) in [6, 6.07) is 6.63. The van der Waals surface area contributed by atoms with Crippen LogP contribution in [0.2, 0.25) is 0 Å². The van der Waals surface area contributed by atoms with Crippen molar-refractivity contribution in [3.05, 3.63) is 29.8 Å². The summed E-state index contributed by atoms with van der Waals surface area (Å²) in [5.74, 6) is -0.993. The number of amides is 3. The van der Waals surface area contributed by atoms with Crippen LogP contribution in [0.1, 0.15) is 23.2 Å². The highest BCUT2D eigenvalue weighted by molar-refractivity contribution is 5.97. The fraction of sp³-hybridized carbons (Fsp3) is 0.357. The van der Waals surface area contributed by atoms with Crippen LogP contribution in [0.3, 0.4) is 0 Å². The fourth-order valence-corrected chi connectivity index (χ4v) is 1.64. The molecule has 7 nitrogen and oxygen atoms in total. The summed E-state index contributed by atoms with van der Waals surface area (Å²) in [4.78, 5) is 34.6. The molecule has 1 aliphatic carbocycles. The van der Waals surface area contributed by atoms with E-state index in [1.165, 1.54) is 0 Å². The number of nitrogens with one attached hydrogen (secondary N) is 3. The molecule has 0 aliphatic heterocycles. The van der Waals surface area contributed by atoms with Crippen LogP contribution in [-0.2, 0) is 9.59 Å². The van der Waals surface area contributed by atoms with Crippen molar-refractivity contribution < 1.29 is 14.4 Å². The Labute approximate surface area is 122 Å². The molecule has 112 valence electrons. The first-order valence-electron chi connectivity index (χ1n) is 6.74. The Hall–Kier alpha value is -2.57. The third-order valence-corrected chi connectivity index (χ3v) is 2.97. The minimum Gasteiger partial charge on any atom is -0.399 e. The van der Waals surface area contributed by atoms with Crippen LogP contribution < -0.4 is 21.7 Å². The molecule has 0 atom stereocenters. The van der Waals surface area contributed by atoms with E-state index in [9.17, 15) is 14.4 Å². The van der Waals surface area contributed by atoms with Gasteiger partial charge in [0, 0.05) is 17.3 Å². The minimum atomic E-state index is -0.412. The van der Waals surface area contributed by atoms with Crippen molar-refractivity contribution in [3.63, 3.8) is 0 Å². The molecule has 0 aromatic heterocycles. The van der Waals surface area contributed by atoms with E-state index < -0.39 is 5.91 Å². The van der Waals surface area contributed by atoms with E-state index in [-0.39, 0.29) is 30.9 Å². The van der Waals surface area contributed by atoms with Gasteiger partial charge in [-0.15, -0.1) is 0 Å². The summed E-state index contributed by atoms with van der Waals surface area (Å²) >= 11 is 0. The molecule has 3 amide bonds. The smallest absolute Gasteiger partial charge is 0.251 e. The number of nitrogens with two attached hydrogens (primary N) is 1. The monoisotopic (exact) mass is 290 g/mol. The molecule has 2 rings (SSSR count). The minimum absolute atomic E-state index is 0.0763. The Balaban J connectivity index is 1.66. The molecule has 5 N–H and O–H groups in total. The van der Waals surface area contributed by atoms with Crippen molar-refractivity contribution in [1.82, 2.24) is 16.0 Å². The third kappa shape index (κ3) is 5.13. The molecular formula is C14H18N4O3. The van der Waals surface area contributed by atoms with Crippen molar-refractivity contribution in [3.8, 4) is 0 Å². The quantitative estimate of drug-likeness (QED) is 0.523. The van der Waals surface area contributed by atoms with Crippen LogP contribution in [0.25, 0.3) is 0 Å². The number of hydrogen-bond donors (Lipinski definition) is 4. The normalized spacial score (nSPS) is 13.3. The Morgan fingerprint density at radius 2 is 1.62 bits per heavy atom. The van der Waals surface area contributed by atoms with E-state index in [0.717, 1.165) is 12.8 Å². The standard InChI is InChI=1S/C14H18N4O3/c15-10-3-1-9(2-4-10)14(21)17-7-12(19)16-8-13(20)18-11-5-6-11/h1-4,11H,5-8,15H2,(H,16,19)(H,17,21)(H,18,20). The number of carbonyl (C=O) groups excluding carboxylic acids is 3. The predicted octanol–water partition coefficient (Wildman–Crippen LogP) is -0.607. The van der Waals surface area contributed by atoms with Gasteiger partial charge in [0.05, 0.1) is 13.1 Å². The van der Waals surface area contributed by atoms with Crippen LogP contribution in [0.4, 0.5) is 5.69 Å². The zero-order valence-corrected chi connectivity index (χ0v) is 11.5. The van der Waals surface area contributed by atoms with E-state index in [0.29, 0.717) is 11.3 Å². The highest BCUT2D eigenvalue weighted by Gasteiger charge is 2.23. The van der Waals surface area contributed by atoms with Crippen LogP contribution in [0.5, 0.6) is 0 Å². The van der Waals surface area contributed by atoms with Gasteiger partial charge in [-0.2, -0.15) is 0 Å². The number of rotatable bonds is 6. The average Bonchev–Trinajstić information content (AvgIpc) is 3.27. The van der Waals surface area contributed by atoms with Crippen molar-refractivity contribution in [2.75, 3.05) is 18.8 Å². The Morgan fingerprint density at radius 3 is 2.24 bits per heavy atom. The summed E-state index contributed by atoms with van der Waals surface area (Å²) in [6.45, 7) is -0.257. The van der Waals surface area contributed by atoms with Crippen molar-refractivity contribution >= 4 is 23.4 Å². The van der Waals surface area contributed by atoms with E-state index in [4.69, 9.17) is 5.73 Å². The molecule has 0 bridgehead atoms. The van der Waals surface area contributed by atoms with Gasteiger partial charge in [0.1, 0.15) is 0 Å². The van der Waals surface area contributed by atoms with Gasteiger partial charge < -0.3 is 21.7 Å². The molecule has 0 saturated heterocycles. The summed E-state index contributed by atoms with van der Waals surface area (Å²) in [6.07, 6.45) is 1.99. The van der Waals surface area contributed by atoms with Crippen LogP contribution in [0.15, 0.2) is 24.3 Å². The summed E-state index contributed by atoms with van der Waals surface area (Å²) in [5.41, 5.74) is 6.50. The lowest BCUT2D eigenvalue weighted by Gasteiger charge is -2.07. The maximum absolute atomic E-state index is 11.7. The van der Waals surface area contributed by atoms with E-state index >= 15 is 0 Å². The molecule has 0 spiro atoms. The van der Waals surface area contributed by atoms with E-state index in [1.54, 1.807) is 24.3 Å². The summed E-state index contributed by atoms with van der Waals surface area (Å²) in [7, 11) is 0. The van der Waals surface area contributed by atoms with Gasteiger partial charge in [-0.05, 0) is 37.1 Å². The van der Waals surface area contributed by atoms with Gasteiger partial charge in [-0.25, -0.2) is 0 Å². The number of benzene rings is 1. The maximum atomic E-state index is 11.7. The van der Waals surface area contributed by atoms with Gasteiger partial charge >= 0.3 is 0 Å². The summed E-state index contributed by atoms with van der Waals surface area (Å²) in [5, 5.41) is 7.67. The molecule has 1 aromatic rings. The molecule has 7 heteroatoms. The number of nitrogen functional groups attached to an aromatic ring is 1. The Kier molecular flexibility index (Phi) is 4.76. The number of hydrogen-bond acceptors (Lipinski definition) is 4. The van der Waals surface area contributed by atoms with Crippen molar-refractivity contribution in [1.29, 1.82) is 0 Å². The number of anilines is 1. The first-order valence-corrected chi connectivity index (χ1v) is 6.74. The lowest BCUT2D eigenvalue weighted by molar-refractivity contribution is -0.125. The second-order valence-corrected chi connectivity index (χ2v) is 4.92. The average molecular weight is 290 g/mol. The molecule has 21 heavy (non-hydrogen) atoms. The second-order valence-electron chi connectivity index (χ2n) is 4.92. The van der Waals surface area contributed by atoms with E-state index in [1.807, 2.05) is 0 Å². The predicted molar refractivity (Wildman–Crippen MR) is 77.4 cm³/mol. The molecule has 1 fully saturated rings. The second kappa shape index (κ2) is 6.74. The van der Waals surface area contributed by atoms with Crippen LogP contribution in [0, 0.1) is 0 Å². The molecule has 0 heterocycles. The first-order chi connectivity index (χ1) is 10.0. The van der Waals surface area contributed by atoms with Crippen molar-refractivity contribution in [2.45, 2.75) is 18.9 Å². The molecule has 0 unspecified atom stereocenters. The summed E-state index contributed by atoms with van der Waals surface area (Å²) < 4.78 is 0. The lowest BCUT2D eigenvalue weighted by Crippen LogP contribution is -2.42. The molecular weight excluding hydrogens is 272 g/mol. The third-order valence-electron chi connectivity index (χ3n) is 2.97. The van der Waals surface area contributed by atoms with E-state index in [2.05, 4.69) is 16.0 Å². The topological polar surface area (TPSA) is 113 Å². The molecule has 1 aliphatic rings. The largest absolute Gasteiger partial charge is 0.399 e. The molecule has 0 radical (unpaired) electrons. The maximum Gasteiger partial charge on any atom is 0.251 e. The van der Waals surface area contributed by atoms with Gasteiger partial charge in [0.15, 0.2) is 0 Å². The molecule has 1 aromatic carbocycles. The van der Waals surface area contributed by atoms with Gasteiger partial charge in [-0.1, -0.05) is 0 Å². The zero-order valence-electron chi connectivity index (χ0n) is 11.5. The van der Waals surface area contributed by atoms with Gasteiger partial charge in [-0.3, -0.25) is 14.4 Å². The van der Waals surface area contributed by atoms with Crippen LogP contribution >= 0.6 is 0 Å². The van der Waals surface area contributed by atoms with Gasteiger partial charge in [0.25, 0.3) is 5.91 Å². The highest BCUT2D eigenvalue weighted by Crippen LogP contribution is 2.18. The SMILES string of the molecule is Nc1ccc(C(=O)NCC(=O)NCC(=O)NC2CC2)cc1. The first kappa shape index (κ1) is 14.8. The number of carbonyl (C=O) groups is 3. The fourth-order valence-electron chi connectivity index (χ4n) is 1.64. The zero-order chi connectivity index (χ0) is 15.2. The Bertz CT molecular complexity index is 538. The molecule has 1 saturated carbocycles. The van der Waals surface area contributed by atoms with Crippen LogP contribution in [-0.4, -0.2) is 36.9 Å². The lowest BCUT2D eigenvalue weighted by atomic mass is 10.2.